The minimum absolute atomic E-state index is 0.461. The van der Waals surface area contributed by atoms with Gasteiger partial charge in [0.15, 0.2) is 0 Å². The Balaban J connectivity index is 2.42. The first-order valence-electron chi connectivity index (χ1n) is 6.26. The standard InChI is InChI=1S/C16H18ClNO/c1-10-5-4-6-13(9-18)16(10)19-14-7-11(2)15(17)12(3)8-14/h4-8H,9,18H2,1-3H3. The van der Waals surface area contributed by atoms with E-state index >= 15 is 0 Å². The lowest BCUT2D eigenvalue weighted by atomic mass is 10.1. The molecule has 0 saturated carbocycles. The number of aryl methyl sites for hydroxylation is 3. The molecule has 19 heavy (non-hydrogen) atoms. The lowest BCUT2D eigenvalue weighted by Crippen LogP contribution is -2.01. The van der Waals surface area contributed by atoms with Gasteiger partial charge in [-0.25, -0.2) is 0 Å². The smallest absolute Gasteiger partial charge is 0.134 e. The molecule has 0 amide bonds. The molecule has 0 fully saturated rings. The van der Waals surface area contributed by atoms with Crippen LogP contribution in [0.25, 0.3) is 0 Å². The van der Waals surface area contributed by atoms with Gasteiger partial charge in [0.2, 0.25) is 0 Å². The lowest BCUT2D eigenvalue weighted by Gasteiger charge is -2.14. The average Bonchev–Trinajstić information content (AvgIpc) is 2.38. The first-order valence-corrected chi connectivity index (χ1v) is 6.64. The zero-order valence-corrected chi connectivity index (χ0v) is 12.2. The fourth-order valence-corrected chi connectivity index (χ4v) is 2.21. The fourth-order valence-electron chi connectivity index (χ4n) is 2.10. The molecule has 2 aromatic carbocycles. The summed E-state index contributed by atoms with van der Waals surface area (Å²) in [5.74, 6) is 1.63. The van der Waals surface area contributed by atoms with Crippen molar-refractivity contribution in [2.75, 3.05) is 0 Å². The summed E-state index contributed by atoms with van der Waals surface area (Å²) in [4.78, 5) is 0. The van der Waals surface area contributed by atoms with Crippen molar-refractivity contribution in [1.82, 2.24) is 0 Å². The van der Waals surface area contributed by atoms with Crippen LogP contribution in [0.1, 0.15) is 22.3 Å². The minimum Gasteiger partial charge on any atom is -0.457 e. The first-order chi connectivity index (χ1) is 9.02. The average molecular weight is 276 g/mol. The van der Waals surface area contributed by atoms with E-state index in [-0.39, 0.29) is 0 Å². The molecule has 0 saturated heterocycles. The summed E-state index contributed by atoms with van der Waals surface area (Å²) in [6.07, 6.45) is 0. The van der Waals surface area contributed by atoms with Gasteiger partial charge < -0.3 is 10.5 Å². The third kappa shape index (κ3) is 2.91. The molecule has 0 aromatic heterocycles. The highest BCUT2D eigenvalue weighted by molar-refractivity contribution is 6.32. The van der Waals surface area contributed by atoms with Crippen LogP contribution in [0.3, 0.4) is 0 Å². The molecule has 100 valence electrons. The van der Waals surface area contributed by atoms with E-state index < -0.39 is 0 Å². The fraction of sp³-hybridized carbons (Fsp3) is 0.250. The van der Waals surface area contributed by atoms with Crippen molar-refractivity contribution < 1.29 is 4.74 Å². The van der Waals surface area contributed by atoms with Crippen molar-refractivity contribution in [3.05, 3.63) is 57.6 Å². The highest BCUT2D eigenvalue weighted by Crippen LogP contribution is 2.32. The Hall–Kier alpha value is -1.51. The molecule has 2 aromatic rings. The van der Waals surface area contributed by atoms with Crippen LogP contribution in [-0.2, 0) is 6.54 Å². The van der Waals surface area contributed by atoms with Gasteiger partial charge in [-0.05, 0) is 49.6 Å². The number of hydrogen-bond acceptors (Lipinski definition) is 2. The zero-order chi connectivity index (χ0) is 14.0. The Labute approximate surface area is 119 Å². The second-order valence-electron chi connectivity index (χ2n) is 4.74. The number of nitrogens with two attached hydrogens (primary N) is 1. The van der Waals surface area contributed by atoms with E-state index in [0.29, 0.717) is 6.54 Å². The number of benzene rings is 2. The molecule has 0 bridgehead atoms. The maximum absolute atomic E-state index is 6.17. The van der Waals surface area contributed by atoms with E-state index in [1.165, 1.54) is 0 Å². The summed E-state index contributed by atoms with van der Waals surface area (Å²) >= 11 is 6.17. The summed E-state index contributed by atoms with van der Waals surface area (Å²) in [5, 5.41) is 0.788. The van der Waals surface area contributed by atoms with Crippen molar-refractivity contribution in [1.29, 1.82) is 0 Å². The minimum atomic E-state index is 0.461. The van der Waals surface area contributed by atoms with Gasteiger partial charge in [-0.1, -0.05) is 29.8 Å². The molecular formula is C16H18ClNO. The molecule has 2 rings (SSSR count). The molecule has 0 aliphatic heterocycles. The Morgan fingerprint density at radius 1 is 1.05 bits per heavy atom. The Bertz CT molecular complexity index is 585. The normalized spacial score (nSPS) is 10.6. The van der Waals surface area contributed by atoms with Crippen LogP contribution in [0.15, 0.2) is 30.3 Å². The van der Waals surface area contributed by atoms with Crippen molar-refractivity contribution >= 4 is 11.6 Å². The van der Waals surface area contributed by atoms with Gasteiger partial charge in [0, 0.05) is 17.1 Å². The summed E-state index contributed by atoms with van der Waals surface area (Å²) in [5.41, 5.74) is 9.86. The van der Waals surface area contributed by atoms with Gasteiger partial charge in [-0.2, -0.15) is 0 Å². The number of halogens is 1. The van der Waals surface area contributed by atoms with E-state index in [4.69, 9.17) is 22.1 Å². The summed E-state index contributed by atoms with van der Waals surface area (Å²) in [6, 6.07) is 9.88. The van der Waals surface area contributed by atoms with Crippen molar-refractivity contribution in [2.24, 2.45) is 5.73 Å². The molecule has 0 radical (unpaired) electrons. The summed E-state index contributed by atoms with van der Waals surface area (Å²) in [6.45, 7) is 6.43. The number of rotatable bonds is 3. The van der Waals surface area contributed by atoms with Crippen LogP contribution in [0.5, 0.6) is 11.5 Å². The van der Waals surface area contributed by atoms with Gasteiger partial charge in [-0.15, -0.1) is 0 Å². The summed E-state index contributed by atoms with van der Waals surface area (Å²) in [7, 11) is 0. The van der Waals surface area contributed by atoms with Gasteiger partial charge in [0.1, 0.15) is 11.5 Å². The van der Waals surface area contributed by atoms with Gasteiger partial charge in [0.05, 0.1) is 0 Å². The van der Waals surface area contributed by atoms with Gasteiger partial charge in [0.25, 0.3) is 0 Å². The van der Waals surface area contributed by atoms with E-state index in [2.05, 4.69) is 0 Å². The maximum atomic E-state index is 6.17. The molecule has 0 spiro atoms. The third-order valence-electron chi connectivity index (χ3n) is 3.14. The van der Waals surface area contributed by atoms with Crippen LogP contribution in [0.2, 0.25) is 5.02 Å². The second-order valence-corrected chi connectivity index (χ2v) is 5.12. The van der Waals surface area contributed by atoms with Crippen molar-refractivity contribution in [3.8, 4) is 11.5 Å². The molecule has 2 N–H and O–H groups in total. The quantitative estimate of drug-likeness (QED) is 0.894. The number of ether oxygens (including phenoxy) is 1. The molecule has 0 heterocycles. The molecule has 0 aliphatic carbocycles. The molecule has 3 heteroatoms. The highest BCUT2D eigenvalue weighted by atomic mass is 35.5. The van der Waals surface area contributed by atoms with Gasteiger partial charge in [-0.3, -0.25) is 0 Å². The number of hydrogen-bond donors (Lipinski definition) is 1. The Morgan fingerprint density at radius 2 is 1.68 bits per heavy atom. The molecule has 0 unspecified atom stereocenters. The predicted molar refractivity (Wildman–Crippen MR) is 80.1 cm³/mol. The van der Waals surface area contributed by atoms with Crippen molar-refractivity contribution in [3.63, 3.8) is 0 Å². The van der Waals surface area contributed by atoms with Crippen LogP contribution < -0.4 is 10.5 Å². The van der Waals surface area contributed by atoms with Crippen LogP contribution >= 0.6 is 11.6 Å². The maximum Gasteiger partial charge on any atom is 0.134 e. The van der Waals surface area contributed by atoms with Crippen LogP contribution in [-0.4, -0.2) is 0 Å². The molecule has 2 nitrogen and oxygen atoms in total. The predicted octanol–water partition coefficient (Wildman–Crippen LogP) is 4.52. The third-order valence-corrected chi connectivity index (χ3v) is 3.74. The summed E-state index contributed by atoms with van der Waals surface area (Å²) < 4.78 is 6.01. The second kappa shape index (κ2) is 5.64. The Morgan fingerprint density at radius 3 is 2.26 bits per heavy atom. The largest absolute Gasteiger partial charge is 0.457 e. The lowest BCUT2D eigenvalue weighted by molar-refractivity contribution is 0.472. The van der Waals surface area contributed by atoms with Gasteiger partial charge >= 0.3 is 0 Å². The molecule has 0 atom stereocenters. The topological polar surface area (TPSA) is 35.2 Å². The first kappa shape index (κ1) is 13.9. The van der Waals surface area contributed by atoms with E-state index in [1.54, 1.807) is 0 Å². The zero-order valence-electron chi connectivity index (χ0n) is 11.5. The molecular weight excluding hydrogens is 258 g/mol. The SMILES string of the molecule is Cc1cc(Oc2c(C)cccc2CN)cc(C)c1Cl. The van der Waals surface area contributed by atoms with Crippen LogP contribution in [0.4, 0.5) is 0 Å². The van der Waals surface area contributed by atoms with E-state index in [0.717, 1.165) is 38.8 Å². The van der Waals surface area contributed by atoms with E-state index in [9.17, 15) is 0 Å². The highest BCUT2D eigenvalue weighted by Gasteiger charge is 2.09. The number of para-hydroxylation sites is 1. The monoisotopic (exact) mass is 275 g/mol. The van der Waals surface area contributed by atoms with Crippen molar-refractivity contribution in [2.45, 2.75) is 27.3 Å². The molecule has 0 aliphatic rings. The Kier molecular flexibility index (Phi) is 4.13. The van der Waals surface area contributed by atoms with Crippen LogP contribution in [0, 0.1) is 20.8 Å². The van der Waals surface area contributed by atoms with E-state index in [1.807, 2.05) is 51.1 Å².